The number of ether oxygens (including phenoxy) is 1. The van der Waals surface area contributed by atoms with Crippen molar-refractivity contribution in [1.82, 2.24) is 4.57 Å². The second-order valence-electron chi connectivity index (χ2n) is 6.33. The molecule has 3 rings (SSSR count). The summed E-state index contributed by atoms with van der Waals surface area (Å²) in [5, 5.41) is 10.9. The summed E-state index contributed by atoms with van der Waals surface area (Å²) in [6.07, 6.45) is 0.842. The highest BCUT2D eigenvalue weighted by Crippen LogP contribution is 2.23. The molecular formula is C20H20N2O5. The van der Waals surface area contributed by atoms with Crippen LogP contribution in [0.3, 0.4) is 0 Å². The number of furan rings is 1. The van der Waals surface area contributed by atoms with Crippen LogP contribution in [0.1, 0.15) is 34.4 Å². The number of nitrogens with zero attached hydrogens (tertiary/aromatic N) is 2. The molecule has 1 aromatic carbocycles. The van der Waals surface area contributed by atoms with Crippen LogP contribution in [-0.4, -0.2) is 21.4 Å². The van der Waals surface area contributed by atoms with E-state index in [4.69, 9.17) is 9.15 Å². The number of hydrogen-bond donors (Lipinski definition) is 0. The number of Topliss-reactive ketones (excluding diaryl/α,β-unsaturated/α-hetero) is 1. The molecule has 0 aliphatic carbocycles. The molecule has 27 heavy (non-hydrogen) atoms. The molecule has 0 radical (unpaired) electrons. The monoisotopic (exact) mass is 368 g/mol. The molecule has 0 aliphatic rings. The minimum Gasteiger partial charge on any atom is -0.482 e. The molecule has 0 unspecified atom stereocenters. The molecule has 3 aromatic rings. The lowest BCUT2D eigenvalue weighted by Gasteiger charge is -2.14. The number of ketones is 1. The van der Waals surface area contributed by atoms with Crippen molar-refractivity contribution in [2.75, 3.05) is 0 Å². The van der Waals surface area contributed by atoms with Gasteiger partial charge in [-0.15, -0.1) is 0 Å². The van der Waals surface area contributed by atoms with Crippen molar-refractivity contribution < 1.29 is 18.9 Å². The van der Waals surface area contributed by atoms with Gasteiger partial charge in [0, 0.05) is 23.0 Å². The van der Waals surface area contributed by atoms with Gasteiger partial charge in [0.25, 0.3) is 5.69 Å². The van der Waals surface area contributed by atoms with Gasteiger partial charge in [-0.25, -0.2) is 0 Å². The summed E-state index contributed by atoms with van der Waals surface area (Å²) >= 11 is 0. The van der Waals surface area contributed by atoms with E-state index in [1.807, 2.05) is 36.6 Å². The fourth-order valence-electron chi connectivity index (χ4n) is 3.00. The number of aromatic nitrogens is 1. The fourth-order valence-corrected chi connectivity index (χ4v) is 3.00. The number of carbonyl (C=O) groups is 1. The number of nitro groups is 1. The van der Waals surface area contributed by atoms with Crippen molar-refractivity contribution in [3.63, 3.8) is 0 Å². The Kier molecular flexibility index (Phi) is 5.12. The number of rotatable bonds is 7. The van der Waals surface area contributed by atoms with Gasteiger partial charge in [-0.1, -0.05) is 6.07 Å². The van der Waals surface area contributed by atoms with E-state index in [9.17, 15) is 14.9 Å². The summed E-state index contributed by atoms with van der Waals surface area (Å²) in [5.74, 6) is 0.909. The van der Waals surface area contributed by atoms with E-state index in [2.05, 4.69) is 0 Å². The van der Waals surface area contributed by atoms with Crippen LogP contribution in [0.2, 0.25) is 0 Å². The highest BCUT2D eigenvalue weighted by Gasteiger charge is 2.23. The van der Waals surface area contributed by atoms with Crippen molar-refractivity contribution in [1.29, 1.82) is 0 Å². The van der Waals surface area contributed by atoms with Gasteiger partial charge in [0.2, 0.25) is 5.78 Å². The SMILES string of the molecule is Cc1cc(C(=O)[C@H](C)Oc2cccc([N+](=O)[O-])c2)c(C)n1Cc1ccco1. The summed E-state index contributed by atoms with van der Waals surface area (Å²) in [4.78, 5) is 23.2. The van der Waals surface area contributed by atoms with Crippen LogP contribution >= 0.6 is 0 Å². The molecule has 7 nitrogen and oxygen atoms in total. The maximum Gasteiger partial charge on any atom is 0.273 e. The van der Waals surface area contributed by atoms with Gasteiger partial charge in [-0.2, -0.15) is 0 Å². The predicted molar refractivity (Wildman–Crippen MR) is 99.2 cm³/mol. The van der Waals surface area contributed by atoms with Crippen molar-refractivity contribution in [3.05, 3.63) is 81.6 Å². The molecule has 140 valence electrons. The molecular weight excluding hydrogens is 348 g/mol. The van der Waals surface area contributed by atoms with Gasteiger partial charge in [0.05, 0.1) is 23.8 Å². The molecule has 0 bridgehead atoms. The van der Waals surface area contributed by atoms with Crippen molar-refractivity contribution in [2.45, 2.75) is 33.4 Å². The molecule has 7 heteroatoms. The summed E-state index contributed by atoms with van der Waals surface area (Å²) < 4.78 is 13.0. The molecule has 0 aliphatic heterocycles. The average molecular weight is 368 g/mol. The standard InChI is InChI=1S/C20H20N2O5/c1-13-10-19(14(2)21(13)12-18-8-5-9-26-18)20(23)15(3)27-17-7-4-6-16(11-17)22(24)25/h4-11,15H,12H2,1-3H3/t15-/m0/s1. The lowest BCUT2D eigenvalue weighted by atomic mass is 10.1. The van der Waals surface area contributed by atoms with Crippen LogP contribution in [0.25, 0.3) is 0 Å². The van der Waals surface area contributed by atoms with Crippen LogP contribution < -0.4 is 4.74 Å². The summed E-state index contributed by atoms with van der Waals surface area (Å²) in [5.41, 5.74) is 2.25. The Labute approximate surface area is 156 Å². The fraction of sp³-hybridized carbons (Fsp3) is 0.250. The van der Waals surface area contributed by atoms with Crippen LogP contribution in [0.15, 0.2) is 53.1 Å². The zero-order chi connectivity index (χ0) is 19.6. The molecule has 0 saturated carbocycles. The first-order chi connectivity index (χ1) is 12.9. The number of carbonyl (C=O) groups excluding carboxylic acids is 1. The number of aryl methyl sites for hydroxylation is 1. The normalized spacial score (nSPS) is 12.0. The molecule has 1 atom stereocenters. The predicted octanol–water partition coefficient (Wildman–Crippen LogP) is 4.30. The Morgan fingerprint density at radius 1 is 1.26 bits per heavy atom. The van der Waals surface area contributed by atoms with E-state index in [-0.39, 0.29) is 17.2 Å². The molecule has 0 fully saturated rings. The second kappa shape index (κ2) is 7.49. The second-order valence-corrected chi connectivity index (χ2v) is 6.33. The molecule has 2 heterocycles. The topological polar surface area (TPSA) is 87.5 Å². The Balaban J connectivity index is 1.79. The summed E-state index contributed by atoms with van der Waals surface area (Å²) in [6, 6.07) is 11.3. The van der Waals surface area contributed by atoms with E-state index in [0.717, 1.165) is 17.1 Å². The Hall–Kier alpha value is -3.35. The smallest absolute Gasteiger partial charge is 0.273 e. The van der Waals surface area contributed by atoms with E-state index in [1.54, 1.807) is 19.3 Å². The van der Waals surface area contributed by atoms with E-state index in [0.29, 0.717) is 12.1 Å². The Morgan fingerprint density at radius 2 is 2.04 bits per heavy atom. The van der Waals surface area contributed by atoms with E-state index < -0.39 is 11.0 Å². The van der Waals surface area contributed by atoms with E-state index >= 15 is 0 Å². The lowest BCUT2D eigenvalue weighted by molar-refractivity contribution is -0.384. The van der Waals surface area contributed by atoms with Gasteiger partial charge in [0.15, 0.2) is 6.10 Å². The molecule has 0 spiro atoms. The molecule has 0 N–H and O–H groups in total. The molecule has 0 saturated heterocycles. The third-order valence-corrected chi connectivity index (χ3v) is 4.44. The van der Waals surface area contributed by atoms with Gasteiger partial charge >= 0.3 is 0 Å². The zero-order valence-electron chi connectivity index (χ0n) is 15.3. The largest absolute Gasteiger partial charge is 0.482 e. The van der Waals surface area contributed by atoms with Crippen LogP contribution in [0.5, 0.6) is 5.75 Å². The van der Waals surface area contributed by atoms with Crippen LogP contribution in [-0.2, 0) is 6.54 Å². The van der Waals surface area contributed by atoms with Gasteiger partial charge in [-0.3, -0.25) is 14.9 Å². The van der Waals surface area contributed by atoms with Gasteiger partial charge in [-0.05, 0) is 45.0 Å². The minimum atomic E-state index is -0.774. The van der Waals surface area contributed by atoms with Crippen molar-refractivity contribution in [3.8, 4) is 5.75 Å². The van der Waals surface area contributed by atoms with Crippen LogP contribution in [0.4, 0.5) is 5.69 Å². The Morgan fingerprint density at radius 3 is 2.70 bits per heavy atom. The van der Waals surface area contributed by atoms with Crippen LogP contribution in [0, 0.1) is 24.0 Å². The Bertz CT molecular complexity index is 972. The highest BCUT2D eigenvalue weighted by atomic mass is 16.6. The lowest BCUT2D eigenvalue weighted by Crippen LogP contribution is -2.24. The van der Waals surface area contributed by atoms with Gasteiger partial charge in [0.1, 0.15) is 11.5 Å². The first kappa shape index (κ1) is 18.4. The number of non-ortho nitro benzene ring substituents is 1. The first-order valence-corrected chi connectivity index (χ1v) is 8.51. The first-order valence-electron chi connectivity index (χ1n) is 8.51. The minimum absolute atomic E-state index is 0.0798. The average Bonchev–Trinajstić information content (AvgIpc) is 3.25. The maximum absolute atomic E-state index is 12.9. The third-order valence-electron chi connectivity index (χ3n) is 4.44. The van der Waals surface area contributed by atoms with E-state index in [1.165, 1.54) is 18.2 Å². The summed E-state index contributed by atoms with van der Waals surface area (Å²) in [7, 11) is 0. The number of benzene rings is 1. The highest BCUT2D eigenvalue weighted by molar-refractivity contribution is 6.00. The molecule has 0 amide bonds. The summed E-state index contributed by atoms with van der Waals surface area (Å²) in [6.45, 7) is 5.99. The zero-order valence-corrected chi connectivity index (χ0v) is 15.3. The maximum atomic E-state index is 12.9. The number of nitro benzene ring substituents is 1. The van der Waals surface area contributed by atoms with Crippen molar-refractivity contribution >= 4 is 11.5 Å². The molecule has 2 aromatic heterocycles. The number of hydrogen-bond acceptors (Lipinski definition) is 5. The third kappa shape index (κ3) is 3.92. The quantitative estimate of drug-likeness (QED) is 0.352. The van der Waals surface area contributed by atoms with Crippen molar-refractivity contribution in [2.24, 2.45) is 0 Å². The van der Waals surface area contributed by atoms with Gasteiger partial charge < -0.3 is 13.7 Å².